The predicted octanol–water partition coefficient (Wildman–Crippen LogP) is 4.12. The summed E-state index contributed by atoms with van der Waals surface area (Å²) in [5.41, 5.74) is 1.68. The van der Waals surface area contributed by atoms with Gasteiger partial charge in [0.25, 0.3) is 5.89 Å². The minimum atomic E-state index is -0.376. The summed E-state index contributed by atoms with van der Waals surface area (Å²) < 4.78 is 33.0. The lowest BCUT2D eigenvalue weighted by atomic mass is 10.2. The molecule has 0 fully saturated rings. The molecular weight excluding hydrogens is 366 g/mol. The van der Waals surface area contributed by atoms with Gasteiger partial charge in [0.05, 0.1) is 0 Å². The van der Waals surface area contributed by atoms with E-state index in [9.17, 15) is 13.6 Å². The van der Waals surface area contributed by atoms with E-state index >= 15 is 0 Å². The number of benzene rings is 2. The molecule has 0 radical (unpaired) electrons. The van der Waals surface area contributed by atoms with Gasteiger partial charge in [-0.05, 0) is 60.7 Å². The van der Waals surface area contributed by atoms with Gasteiger partial charge in [0.1, 0.15) is 23.9 Å². The summed E-state index contributed by atoms with van der Waals surface area (Å²) in [5.74, 6) is -0.465. The molecule has 0 saturated carbocycles. The van der Waals surface area contributed by atoms with Gasteiger partial charge in [-0.2, -0.15) is 4.98 Å². The van der Waals surface area contributed by atoms with Crippen LogP contribution in [0.3, 0.4) is 0 Å². The van der Waals surface area contributed by atoms with Gasteiger partial charge in [-0.15, -0.1) is 0 Å². The van der Waals surface area contributed by atoms with Crippen molar-refractivity contribution in [3.8, 4) is 23.0 Å². The Bertz CT molecular complexity index is 1100. The monoisotopic (exact) mass is 380 g/mol. The van der Waals surface area contributed by atoms with Crippen LogP contribution in [0.15, 0.2) is 71.4 Å². The van der Waals surface area contributed by atoms with E-state index in [1.165, 1.54) is 36.4 Å². The van der Waals surface area contributed by atoms with Crippen molar-refractivity contribution in [2.75, 3.05) is 5.32 Å². The molecule has 2 aromatic heterocycles. The van der Waals surface area contributed by atoms with Crippen LogP contribution in [-0.2, 0) is 11.3 Å². The number of nitrogens with zero attached hydrogens (tertiary/aromatic N) is 3. The van der Waals surface area contributed by atoms with Crippen molar-refractivity contribution in [2.24, 2.45) is 0 Å². The van der Waals surface area contributed by atoms with E-state index in [2.05, 4.69) is 15.5 Å². The Morgan fingerprint density at radius 2 is 1.68 bits per heavy atom. The molecule has 0 atom stereocenters. The minimum Gasteiger partial charge on any atom is -0.334 e. The van der Waals surface area contributed by atoms with Crippen LogP contribution in [0.4, 0.5) is 14.5 Å². The summed E-state index contributed by atoms with van der Waals surface area (Å²) in [5, 5.41) is 6.60. The van der Waals surface area contributed by atoms with Gasteiger partial charge < -0.3 is 14.4 Å². The van der Waals surface area contributed by atoms with Gasteiger partial charge in [-0.25, -0.2) is 8.78 Å². The number of hydrogen-bond acceptors (Lipinski definition) is 4. The molecule has 140 valence electrons. The molecule has 1 N–H and O–H groups in total. The van der Waals surface area contributed by atoms with Crippen molar-refractivity contribution in [1.82, 2.24) is 14.7 Å². The second-order valence-electron chi connectivity index (χ2n) is 6.01. The van der Waals surface area contributed by atoms with Gasteiger partial charge in [0.2, 0.25) is 11.7 Å². The van der Waals surface area contributed by atoms with Crippen LogP contribution in [0.1, 0.15) is 0 Å². The van der Waals surface area contributed by atoms with Crippen LogP contribution in [-0.4, -0.2) is 20.6 Å². The molecule has 0 saturated heterocycles. The highest BCUT2D eigenvalue weighted by Gasteiger charge is 2.15. The number of hydrogen-bond donors (Lipinski definition) is 1. The van der Waals surface area contributed by atoms with Crippen molar-refractivity contribution in [3.63, 3.8) is 0 Å². The highest BCUT2D eigenvalue weighted by molar-refractivity contribution is 5.90. The van der Waals surface area contributed by atoms with Gasteiger partial charge in [0, 0.05) is 17.4 Å². The maximum Gasteiger partial charge on any atom is 0.274 e. The van der Waals surface area contributed by atoms with Gasteiger partial charge in [-0.3, -0.25) is 4.79 Å². The number of anilines is 1. The van der Waals surface area contributed by atoms with E-state index < -0.39 is 0 Å². The fraction of sp³-hybridized carbons (Fsp3) is 0.0500. The number of aromatic nitrogens is 3. The fourth-order valence-corrected chi connectivity index (χ4v) is 2.68. The highest BCUT2D eigenvalue weighted by Crippen LogP contribution is 2.23. The smallest absolute Gasteiger partial charge is 0.274 e. The normalized spacial score (nSPS) is 10.8. The van der Waals surface area contributed by atoms with Crippen LogP contribution >= 0.6 is 0 Å². The molecule has 0 unspecified atom stereocenters. The van der Waals surface area contributed by atoms with E-state index in [1.807, 2.05) is 0 Å². The molecular formula is C20H14F2N4O2. The minimum absolute atomic E-state index is 0.00791. The molecule has 28 heavy (non-hydrogen) atoms. The average molecular weight is 380 g/mol. The van der Waals surface area contributed by atoms with E-state index in [1.54, 1.807) is 35.0 Å². The first-order chi connectivity index (χ1) is 13.6. The summed E-state index contributed by atoms with van der Waals surface area (Å²) in [6, 6.07) is 14.7. The molecule has 2 heterocycles. The maximum absolute atomic E-state index is 13.1. The maximum atomic E-state index is 13.1. The van der Waals surface area contributed by atoms with Crippen molar-refractivity contribution in [3.05, 3.63) is 78.5 Å². The number of carbonyl (C=O) groups excluding carboxylic acids is 1. The van der Waals surface area contributed by atoms with E-state index in [0.29, 0.717) is 22.8 Å². The first-order valence-corrected chi connectivity index (χ1v) is 8.39. The molecule has 0 aliphatic carbocycles. The second-order valence-corrected chi connectivity index (χ2v) is 6.01. The number of halogens is 2. The predicted molar refractivity (Wildman–Crippen MR) is 98.1 cm³/mol. The Hall–Kier alpha value is -3.81. The lowest BCUT2D eigenvalue weighted by Crippen LogP contribution is -2.18. The highest BCUT2D eigenvalue weighted by atomic mass is 19.1. The van der Waals surface area contributed by atoms with Crippen LogP contribution < -0.4 is 5.32 Å². The Kier molecular flexibility index (Phi) is 4.67. The first-order valence-electron chi connectivity index (χ1n) is 8.39. The SMILES string of the molecule is O=C(Cn1cccc1-c1nc(-c2ccc(F)cc2)no1)Nc1ccc(F)cc1. The summed E-state index contributed by atoms with van der Waals surface area (Å²) in [6.45, 7) is 0.00791. The largest absolute Gasteiger partial charge is 0.334 e. The summed E-state index contributed by atoms with van der Waals surface area (Å²) >= 11 is 0. The lowest BCUT2D eigenvalue weighted by Gasteiger charge is -2.08. The molecule has 6 nitrogen and oxygen atoms in total. The Labute approximate surface area is 158 Å². The zero-order valence-electron chi connectivity index (χ0n) is 14.5. The molecule has 1 amide bonds. The van der Waals surface area contributed by atoms with Crippen molar-refractivity contribution in [1.29, 1.82) is 0 Å². The van der Waals surface area contributed by atoms with Gasteiger partial charge >= 0.3 is 0 Å². The summed E-state index contributed by atoms with van der Waals surface area (Å²) in [6.07, 6.45) is 1.71. The Balaban J connectivity index is 1.50. The Morgan fingerprint density at radius 3 is 2.39 bits per heavy atom. The number of amides is 1. The zero-order chi connectivity index (χ0) is 19.5. The molecule has 4 aromatic rings. The number of nitrogens with one attached hydrogen (secondary N) is 1. The number of rotatable bonds is 5. The third kappa shape index (κ3) is 3.80. The zero-order valence-corrected chi connectivity index (χ0v) is 14.5. The summed E-state index contributed by atoms with van der Waals surface area (Å²) in [7, 11) is 0. The third-order valence-corrected chi connectivity index (χ3v) is 4.02. The molecule has 2 aromatic carbocycles. The average Bonchev–Trinajstić information content (AvgIpc) is 3.33. The number of carbonyl (C=O) groups is 1. The molecule has 8 heteroatoms. The molecule has 0 aliphatic rings. The van der Waals surface area contributed by atoms with Crippen LogP contribution in [0.2, 0.25) is 0 Å². The standard InChI is InChI=1S/C20H14F2N4O2/c21-14-5-3-13(4-6-14)19-24-20(28-25-19)17-2-1-11-26(17)12-18(27)23-16-9-7-15(22)8-10-16/h1-11H,12H2,(H,23,27). The topological polar surface area (TPSA) is 73.0 Å². The second kappa shape index (κ2) is 7.43. The van der Waals surface area contributed by atoms with Crippen LogP contribution in [0.25, 0.3) is 23.0 Å². The Morgan fingerprint density at radius 1 is 1.00 bits per heavy atom. The first kappa shape index (κ1) is 17.6. The van der Waals surface area contributed by atoms with E-state index in [0.717, 1.165) is 0 Å². The molecule has 0 spiro atoms. The quantitative estimate of drug-likeness (QED) is 0.565. The molecule has 0 bridgehead atoms. The van der Waals surface area contributed by atoms with Gasteiger partial charge in [-0.1, -0.05) is 5.16 Å². The van der Waals surface area contributed by atoms with Crippen molar-refractivity contribution >= 4 is 11.6 Å². The molecule has 0 aliphatic heterocycles. The van der Waals surface area contributed by atoms with Crippen LogP contribution in [0.5, 0.6) is 0 Å². The molecule has 4 rings (SSSR count). The van der Waals surface area contributed by atoms with Crippen molar-refractivity contribution < 1.29 is 18.1 Å². The van der Waals surface area contributed by atoms with E-state index in [4.69, 9.17) is 4.52 Å². The van der Waals surface area contributed by atoms with Gasteiger partial charge in [0.15, 0.2) is 0 Å². The summed E-state index contributed by atoms with van der Waals surface area (Å²) in [4.78, 5) is 16.6. The van der Waals surface area contributed by atoms with Crippen LogP contribution in [0, 0.1) is 11.6 Å². The third-order valence-electron chi connectivity index (χ3n) is 4.02. The van der Waals surface area contributed by atoms with Crippen molar-refractivity contribution in [2.45, 2.75) is 6.54 Å². The fourth-order valence-electron chi connectivity index (χ4n) is 2.68. The lowest BCUT2D eigenvalue weighted by molar-refractivity contribution is -0.116. The van der Waals surface area contributed by atoms with E-state index in [-0.39, 0.29) is 30.0 Å².